The number of hydrogen-bond acceptors (Lipinski definition) is 34. The number of carbonyl (C=O) groups excluding carboxylic acids is 5. The molecule has 528 valence electrons. The van der Waals surface area contributed by atoms with Gasteiger partial charge in [0.2, 0.25) is 17.7 Å². The van der Waals surface area contributed by atoms with E-state index in [1.165, 1.54) is 0 Å². The normalized spacial score (nSPS) is 36.0. The van der Waals surface area contributed by atoms with Gasteiger partial charge >= 0.3 is 11.9 Å². The predicted octanol–water partition coefficient (Wildman–Crippen LogP) is -9.68. The van der Waals surface area contributed by atoms with Crippen LogP contribution >= 0.6 is 15.6 Å². The first-order valence-corrected chi connectivity index (χ1v) is 31.8. The summed E-state index contributed by atoms with van der Waals surface area (Å²) in [6, 6.07) is -6.03. The van der Waals surface area contributed by atoms with Crippen molar-refractivity contribution in [1.29, 1.82) is 10.8 Å². The van der Waals surface area contributed by atoms with Crippen molar-refractivity contribution in [2.45, 2.75) is 207 Å². The van der Waals surface area contributed by atoms with Crippen LogP contribution in [0.5, 0.6) is 0 Å². The number of aliphatic imine (C=N–C) groups is 2. The van der Waals surface area contributed by atoms with Gasteiger partial charge in [0, 0.05) is 38.1 Å². The lowest BCUT2D eigenvalue weighted by Gasteiger charge is -2.47. The van der Waals surface area contributed by atoms with E-state index < -0.39 is 242 Å². The zero-order chi connectivity index (χ0) is 70.0. The maximum absolute atomic E-state index is 12.9. The molecule has 43 heteroatoms. The van der Waals surface area contributed by atoms with E-state index in [0.29, 0.717) is 25.7 Å². The summed E-state index contributed by atoms with van der Waals surface area (Å²) in [6.45, 7) is 4.08. The lowest BCUT2D eigenvalue weighted by Crippen LogP contribution is -2.68. The number of amides is 5. The third-order valence-corrected chi connectivity index (χ3v) is 17.4. The summed E-state index contributed by atoms with van der Waals surface area (Å²) in [5.74, 6) is -16.1. The van der Waals surface area contributed by atoms with E-state index in [0.717, 1.165) is 19.4 Å². The Labute approximate surface area is 528 Å². The van der Waals surface area contributed by atoms with Crippen molar-refractivity contribution in [3.63, 3.8) is 0 Å². The van der Waals surface area contributed by atoms with Crippen LogP contribution in [0.4, 0.5) is 0 Å². The number of carbonyl (C=O) groups is 7. The maximum Gasteiger partial charge on any atom is 0.364 e. The lowest BCUT2D eigenvalue weighted by atomic mass is 9.88. The molecule has 0 aromatic rings. The molecule has 6 rings (SSSR count). The second-order valence-corrected chi connectivity index (χ2v) is 25.3. The number of phosphoric acid groups is 2. The zero-order valence-corrected chi connectivity index (χ0v) is 52.1. The summed E-state index contributed by atoms with van der Waals surface area (Å²) < 4.78 is 66.2. The van der Waals surface area contributed by atoms with Gasteiger partial charge in [-0.1, -0.05) is 40.5 Å². The minimum Gasteiger partial charge on any atom is -0.756 e. The van der Waals surface area contributed by atoms with Crippen LogP contribution in [0, 0.1) is 22.7 Å². The maximum atomic E-state index is 12.9. The molecule has 6 aliphatic heterocycles. The van der Waals surface area contributed by atoms with Gasteiger partial charge in [-0.25, -0.2) is 9.59 Å². The summed E-state index contributed by atoms with van der Waals surface area (Å²) in [4.78, 5) is 119. The highest BCUT2D eigenvalue weighted by Gasteiger charge is 2.60. The molecule has 26 atom stereocenters. The number of ether oxygens (including phenoxy) is 4. The van der Waals surface area contributed by atoms with E-state index in [9.17, 15) is 119 Å². The van der Waals surface area contributed by atoms with Crippen LogP contribution in [0.15, 0.2) is 9.98 Å². The predicted molar refractivity (Wildman–Crippen MR) is 300 cm³/mol. The van der Waals surface area contributed by atoms with E-state index in [2.05, 4.69) is 36.6 Å². The van der Waals surface area contributed by atoms with Gasteiger partial charge in [-0.3, -0.25) is 63.0 Å². The molecule has 0 aromatic heterocycles. The third-order valence-electron chi connectivity index (χ3n) is 15.5. The Morgan fingerprint density at radius 3 is 1.43 bits per heavy atom. The minimum absolute atomic E-state index is 0.337. The van der Waals surface area contributed by atoms with Crippen LogP contribution in [0.1, 0.15) is 73.1 Å². The molecule has 0 bridgehead atoms. The summed E-state index contributed by atoms with van der Waals surface area (Å²) >= 11 is 0. The standard InChI is InChI=1S/C26H42N5O16P.C24H39N4O16P/c1-4-5-10(2)23(38)29-7-13(34)18(35)22-16(30-11(3)32)12(33)6-26(46-22,25(40)41)47-48(42,43)44-9-14-19(36)20(37)21(45-14)17-24(39)31-15(27)8-28-17;1-3-4-9(2)21(35)28-14-10(30)5-24(23(37)38,43-20(14)16(32)11(31)7-29)44-45(39,40)41-8-12-17(33)18(34)19(42-12)15-22(36)27-13(25)6-26-15/h8,10,12-14,16-22,33-37H,4-7,9H2,1-3H3,(H,29,38)(H,30,32)(H,40,41)(H,42,43)(H2,27,31,39);6,9-12,14-20,29-34H,3-5,7-8H2,1-2H3,(H,28,35)(H,37,38)(H,39,40)(H2,25,27,36)/p-2/t10?,12?,13?,14-,16?,17?,18?,19-,20-,21+,22?,26?;9?,10?,11?,12-,14?,15?,16?,17-,18-,19+,20?,24?/m11/s1. The third kappa shape index (κ3) is 19.6. The first-order chi connectivity index (χ1) is 43.3. The quantitative estimate of drug-likeness (QED) is 0.0309. The SMILES string of the molecule is CCCC(C)C(=O)NC1C(O)CC(OP(=O)([O-])OC[C@H]2O[C@@H](C3N=CC(=N)NC3=O)[C@H](O)[C@@H]2O)(C(=O)O)OC1C(O)C(O)CO.CCCC(C)C(=O)NCC(O)C(O)C1OC(OP(=O)([O-])OC[C@H]2O[C@@H](C3N=CC(=N)NC3=O)[C@H](O)[C@@H]2O)(C(=O)O)CC(O)C1NC(C)=O. The van der Waals surface area contributed by atoms with Gasteiger partial charge in [0.25, 0.3) is 39.0 Å². The minimum atomic E-state index is -5.81. The van der Waals surface area contributed by atoms with Crippen molar-refractivity contribution < 1.29 is 156 Å². The first-order valence-electron chi connectivity index (χ1n) is 28.9. The van der Waals surface area contributed by atoms with Crippen LogP contribution < -0.4 is 36.4 Å². The Morgan fingerprint density at radius 2 is 1.06 bits per heavy atom. The number of carboxylic acid groups (broad SMARTS) is 2. The highest BCUT2D eigenvalue weighted by Crippen LogP contribution is 2.50. The smallest absolute Gasteiger partial charge is 0.364 e. The largest absolute Gasteiger partial charge is 0.756 e. The molecule has 93 heavy (non-hydrogen) atoms. The molecule has 0 radical (unpaired) electrons. The molecule has 0 spiro atoms. The molecule has 20 N–H and O–H groups in total. The second kappa shape index (κ2) is 33.0. The zero-order valence-electron chi connectivity index (χ0n) is 50.3. The van der Waals surface area contributed by atoms with E-state index in [1.807, 2.05) is 13.8 Å². The van der Waals surface area contributed by atoms with Crippen molar-refractivity contribution in [1.82, 2.24) is 26.6 Å². The number of rotatable bonds is 29. The summed E-state index contributed by atoms with van der Waals surface area (Å²) in [6.07, 6.45) is -27.7. The van der Waals surface area contributed by atoms with Gasteiger partial charge in [-0.2, -0.15) is 0 Å². The fourth-order valence-corrected chi connectivity index (χ4v) is 12.4. The Kier molecular flexibility index (Phi) is 27.8. The van der Waals surface area contributed by atoms with E-state index in [4.69, 9.17) is 47.9 Å². The van der Waals surface area contributed by atoms with Crippen LogP contribution in [-0.4, -0.2) is 292 Å². The van der Waals surface area contributed by atoms with Crippen LogP contribution in [0.3, 0.4) is 0 Å². The second-order valence-electron chi connectivity index (χ2n) is 22.7. The fraction of sp³-hybridized carbons (Fsp3) is 0.780. The van der Waals surface area contributed by atoms with E-state index in [-0.39, 0.29) is 11.7 Å². The Bertz CT molecular complexity index is 2870. The van der Waals surface area contributed by atoms with Gasteiger partial charge in [0.05, 0.1) is 62.6 Å². The topological polar surface area (TPSA) is 669 Å². The van der Waals surface area contributed by atoms with Gasteiger partial charge in [0.1, 0.15) is 91.0 Å². The molecular weight excluding hydrogens is 1300 g/mol. The molecule has 18 unspecified atom stereocenters. The van der Waals surface area contributed by atoms with Gasteiger partial charge in [-0.15, -0.1) is 0 Å². The van der Waals surface area contributed by atoms with Crippen molar-refractivity contribution in [2.75, 3.05) is 26.4 Å². The summed E-state index contributed by atoms with van der Waals surface area (Å²) in [5.41, 5.74) is 0. The molecule has 41 nitrogen and oxygen atoms in total. The number of carboxylic acids is 2. The average molecular weight is 1380 g/mol. The molecule has 6 aliphatic rings. The average Bonchev–Trinajstić information content (AvgIpc) is 1.59. The van der Waals surface area contributed by atoms with Crippen LogP contribution in [0.25, 0.3) is 0 Å². The molecule has 0 aromatic carbocycles. The molecule has 0 saturated carbocycles. The number of nitrogens with one attached hydrogen (secondary N) is 7. The molecule has 6 heterocycles. The van der Waals surface area contributed by atoms with Crippen molar-refractivity contribution in [3.05, 3.63) is 0 Å². The highest BCUT2D eigenvalue weighted by atomic mass is 31.2. The number of hydrogen-bond donors (Lipinski definition) is 20. The van der Waals surface area contributed by atoms with Crippen LogP contribution in [-0.2, 0) is 79.7 Å². The molecule has 4 saturated heterocycles. The fourth-order valence-electron chi connectivity index (χ4n) is 10.5. The van der Waals surface area contributed by atoms with E-state index in [1.54, 1.807) is 13.8 Å². The Hall–Kier alpha value is -5.41. The summed E-state index contributed by atoms with van der Waals surface area (Å²) in [5, 5.41) is 161. The van der Waals surface area contributed by atoms with E-state index >= 15 is 0 Å². The van der Waals surface area contributed by atoms with Crippen LogP contribution in [0.2, 0.25) is 0 Å². The summed E-state index contributed by atoms with van der Waals surface area (Å²) in [7, 11) is -11.6. The van der Waals surface area contributed by atoms with Crippen molar-refractivity contribution in [2.24, 2.45) is 21.8 Å². The number of nitrogens with zero attached hydrogens (tertiary/aromatic N) is 2. The molecule has 5 amide bonds. The number of phosphoric ester groups is 2. The number of aliphatic hydroxyl groups excluding tert-OH is 11. The molecule has 4 fully saturated rings. The van der Waals surface area contributed by atoms with Gasteiger partial charge in [-0.05, 0) is 12.8 Å². The van der Waals surface area contributed by atoms with Gasteiger partial charge < -0.3 is 131 Å². The first kappa shape index (κ1) is 78.3. The van der Waals surface area contributed by atoms with Crippen molar-refractivity contribution in [3.8, 4) is 0 Å². The lowest BCUT2D eigenvalue weighted by molar-refractivity contribution is -0.314. The number of aliphatic hydroxyl groups is 11. The molecular formula is C50H79N9O32P2-2. The number of amidine groups is 2. The van der Waals surface area contributed by atoms with Crippen molar-refractivity contribution >= 4 is 81.2 Å². The highest BCUT2D eigenvalue weighted by molar-refractivity contribution is 7.46. The number of aliphatic carboxylic acids is 2. The van der Waals surface area contributed by atoms with Gasteiger partial charge in [0.15, 0.2) is 12.1 Å². The monoisotopic (exact) mass is 1380 g/mol. The molecule has 0 aliphatic carbocycles. The Balaban J connectivity index is 0.000000338. The Morgan fingerprint density at radius 1 is 0.677 bits per heavy atom.